The van der Waals surface area contributed by atoms with Gasteiger partial charge in [0.25, 0.3) is 5.69 Å². The number of esters is 4. The Balaban J connectivity index is 3.74. The van der Waals surface area contributed by atoms with E-state index in [1.54, 1.807) is 0 Å². The van der Waals surface area contributed by atoms with Crippen LogP contribution in [0.5, 0.6) is 0 Å². The van der Waals surface area contributed by atoms with Gasteiger partial charge in [-0.1, -0.05) is 12.1 Å². The number of hydrogen-bond donors (Lipinski definition) is 0. The van der Waals surface area contributed by atoms with Gasteiger partial charge in [0.15, 0.2) is 11.8 Å². The molecule has 1 aromatic rings. The van der Waals surface area contributed by atoms with Crippen molar-refractivity contribution in [2.75, 3.05) is 26.4 Å². The highest BCUT2D eigenvalue weighted by molar-refractivity contribution is 6.01. The SMILES string of the molecule is CCOC(=O)C(C(=O)OCC)C(c1ccc([N+](=O)[O-])cc1)C(C(=O)OCC)C(=O)OCC. The number of non-ortho nitro benzene ring substituents is 1. The van der Waals surface area contributed by atoms with Crippen molar-refractivity contribution in [3.05, 3.63) is 39.9 Å². The second-order valence-corrected chi connectivity index (χ2v) is 6.34. The fourth-order valence-electron chi connectivity index (χ4n) is 3.10. The summed E-state index contributed by atoms with van der Waals surface area (Å²) in [5.41, 5.74) is -0.145. The molecule has 11 heteroatoms. The monoisotopic (exact) mass is 453 g/mol. The maximum Gasteiger partial charge on any atom is 0.320 e. The van der Waals surface area contributed by atoms with E-state index in [9.17, 15) is 29.3 Å². The number of benzene rings is 1. The van der Waals surface area contributed by atoms with E-state index in [1.807, 2.05) is 0 Å². The molecular weight excluding hydrogens is 426 g/mol. The van der Waals surface area contributed by atoms with Crippen LogP contribution in [0.1, 0.15) is 39.2 Å². The Hall–Kier alpha value is -3.50. The zero-order chi connectivity index (χ0) is 24.3. The molecule has 0 aliphatic carbocycles. The Morgan fingerprint density at radius 2 is 1.03 bits per heavy atom. The number of ether oxygens (including phenoxy) is 4. The largest absolute Gasteiger partial charge is 0.465 e. The molecule has 0 fully saturated rings. The zero-order valence-electron chi connectivity index (χ0n) is 18.4. The second-order valence-electron chi connectivity index (χ2n) is 6.34. The summed E-state index contributed by atoms with van der Waals surface area (Å²) in [6.45, 7) is 5.78. The molecular formula is C21H27NO10. The van der Waals surface area contributed by atoms with E-state index in [1.165, 1.54) is 39.8 Å². The lowest BCUT2D eigenvalue weighted by Gasteiger charge is -2.29. The van der Waals surface area contributed by atoms with E-state index >= 15 is 0 Å². The van der Waals surface area contributed by atoms with E-state index in [0.717, 1.165) is 12.1 Å². The lowest BCUT2D eigenvalue weighted by atomic mass is 9.76. The van der Waals surface area contributed by atoms with E-state index in [-0.39, 0.29) is 37.7 Å². The summed E-state index contributed by atoms with van der Waals surface area (Å²) in [5.74, 6) is -8.99. The normalized spacial score (nSPS) is 10.7. The molecule has 0 radical (unpaired) electrons. The summed E-state index contributed by atoms with van der Waals surface area (Å²) in [6, 6.07) is 4.76. The number of nitrogens with zero attached hydrogens (tertiary/aromatic N) is 1. The van der Waals surface area contributed by atoms with Gasteiger partial charge in [0.1, 0.15) is 0 Å². The van der Waals surface area contributed by atoms with Crippen molar-refractivity contribution in [3.63, 3.8) is 0 Å². The standard InChI is InChI=1S/C21H27NO10/c1-5-29-18(23)16(19(24)30-6-2)15(13-9-11-14(12-10-13)22(27)28)17(20(25)31-7-3)21(26)32-8-4/h9-12,15-17H,5-8H2,1-4H3. The Bertz CT molecular complexity index is 744. The smallest absolute Gasteiger partial charge is 0.320 e. The minimum absolute atomic E-state index is 0.0782. The van der Waals surface area contributed by atoms with E-state index in [0.29, 0.717) is 0 Å². The van der Waals surface area contributed by atoms with Gasteiger partial charge in [-0.15, -0.1) is 0 Å². The van der Waals surface area contributed by atoms with Gasteiger partial charge in [0, 0.05) is 18.1 Å². The average Bonchev–Trinajstić information content (AvgIpc) is 2.74. The maximum atomic E-state index is 12.8. The Kier molecular flexibility index (Phi) is 10.8. The molecule has 11 nitrogen and oxygen atoms in total. The summed E-state index contributed by atoms with van der Waals surface area (Å²) in [6.07, 6.45) is 0. The number of carbonyl (C=O) groups excluding carboxylic acids is 4. The third-order valence-corrected chi connectivity index (χ3v) is 4.37. The van der Waals surface area contributed by atoms with Crippen LogP contribution in [-0.2, 0) is 38.1 Å². The fourth-order valence-corrected chi connectivity index (χ4v) is 3.10. The van der Waals surface area contributed by atoms with Crippen LogP contribution in [0, 0.1) is 22.0 Å². The molecule has 0 aromatic heterocycles. The van der Waals surface area contributed by atoms with Crippen LogP contribution in [0.3, 0.4) is 0 Å². The van der Waals surface area contributed by atoms with Crippen molar-refractivity contribution in [1.82, 2.24) is 0 Å². The first kappa shape index (κ1) is 26.5. The molecule has 0 aliphatic rings. The van der Waals surface area contributed by atoms with E-state index < -0.39 is 46.6 Å². The molecule has 0 saturated carbocycles. The van der Waals surface area contributed by atoms with Gasteiger partial charge in [0.05, 0.1) is 31.4 Å². The number of hydrogen-bond acceptors (Lipinski definition) is 10. The summed E-state index contributed by atoms with van der Waals surface area (Å²) < 4.78 is 20.1. The number of nitro benzene ring substituents is 1. The average molecular weight is 453 g/mol. The predicted molar refractivity (Wildman–Crippen MR) is 109 cm³/mol. The lowest BCUT2D eigenvalue weighted by Crippen LogP contribution is -2.43. The van der Waals surface area contributed by atoms with Crippen LogP contribution in [0.25, 0.3) is 0 Å². The van der Waals surface area contributed by atoms with Crippen LogP contribution in [0.15, 0.2) is 24.3 Å². The predicted octanol–water partition coefficient (Wildman–Crippen LogP) is 2.16. The zero-order valence-corrected chi connectivity index (χ0v) is 18.4. The van der Waals surface area contributed by atoms with Crippen molar-refractivity contribution in [2.45, 2.75) is 33.6 Å². The number of carbonyl (C=O) groups is 4. The van der Waals surface area contributed by atoms with Crippen LogP contribution in [0.2, 0.25) is 0 Å². The van der Waals surface area contributed by atoms with Crippen LogP contribution >= 0.6 is 0 Å². The van der Waals surface area contributed by atoms with Gasteiger partial charge in [-0.3, -0.25) is 29.3 Å². The molecule has 0 spiro atoms. The third kappa shape index (κ3) is 6.76. The highest BCUT2D eigenvalue weighted by atomic mass is 16.6. The number of nitro groups is 1. The quantitative estimate of drug-likeness (QED) is 0.151. The molecule has 0 aliphatic heterocycles. The maximum absolute atomic E-state index is 12.8. The van der Waals surface area contributed by atoms with Gasteiger partial charge in [0.2, 0.25) is 0 Å². The highest BCUT2D eigenvalue weighted by Gasteiger charge is 2.49. The molecule has 0 heterocycles. The summed E-state index contributed by atoms with van der Waals surface area (Å²) >= 11 is 0. The molecule has 0 amide bonds. The molecule has 1 aromatic carbocycles. The molecule has 0 bridgehead atoms. The highest BCUT2D eigenvalue weighted by Crippen LogP contribution is 2.37. The first-order valence-corrected chi connectivity index (χ1v) is 10.1. The van der Waals surface area contributed by atoms with Crippen molar-refractivity contribution < 1.29 is 43.0 Å². The molecule has 0 unspecified atom stereocenters. The summed E-state index contributed by atoms with van der Waals surface area (Å²) in [7, 11) is 0. The molecule has 0 saturated heterocycles. The topological polar surface area (TPSA) is 148 Å². The summed E-state index contributed by atoms with van der Waals surface area (Å²) in [5, 5.41) is 11.0. The van der Waals surface area contributed by atoms with E-state index in [4.69, 9.17) is 18.9 Å². The lowest BCUT2D eigenvalue weighted by molar-refractivity contribution is -0.384. The minimum Gasteiger partial charge on any atom is -0.465 e. The Morgan fingerprint density at radius 3 is 1.28 bits per heavy atom. The molecule has 0 N–H and O–H groups in total. The molecule has 0 atom stereocenters. The van der Waals surface area contributed by atoms with Gasteiger partial charge in [-0.2, -0.15) is 0 Å². The molecule has 32 heavy (non-hydrogen) atoms. The molecule has 176 valence electrons. The van der Waals surface area contributed by atoms with Crippen molar-refractivity contribution in [2.24, 2.45) is 11.8 Å². The summed E-state index contributed by atoms with van der Waals surface area (Å²) in [4.78, 5) is 61.5. The fraction of sp³-hybridized carbons (Fsp3) is 0.524. The Labute approximate surface area is 185 Å². The first-order chi connectivity index (χ1) is 15.2. The molecule has 1 rings (SSSR count). The van der Waals surface area contributed by atoms with Gasteiger partial charge in [-0.05, 0) is 33.3 Å². The van der Waals surface area contributed by atoms with Crippen molar-refractivity contribution >= 4 is 29.6 Å². The van der Waals surface area contributed by atoms with Crippen LogP contribution < -0.4 is 0 Å². The van der Waals surface area contributed by atoms with Crippen molar-refractivity contribution in [3.8, 4) is 0 Å². The van der Waals surface area contributed by atoms with Crippen molar-refractivity contribution in [1.29, 1.82) is 0 Å². The Morgan fingerprint density at radius 1 is 0.719 bits per heavy atom. The van der Waals surface area contributed by atoms with E-state index in [2.05, 4.69) is 0 Å². The van der Waals surface area contributed by atoms with Gasteiger partial charge < -0.3 is 18.9 Å². The van der Waals surface area contributed by atoms with Crippen LogP contribution in [-0.4, -0.2) is 55.2 Å². The second kappa shape index (κ2) is 13.0. The third-order valence-electron chi connectivity index (χ3n) is 4.37. The number of rotatable bonds is 12. The van der Waals surface area contributed by atoms with Gasteiger partial charge in [-0.25, -0.2) is 0 Å². The van der Waals surface area contributed by atoms with Crippen LogP contribution in [0.4, 0.5) is 5.69 Å². The first-order valence-electron chi connectivity index (χ1n) is 10.1. The van der Waals surface area contributed by atoms with Gasteiger partial charge >= 0.3 is 23.9 Å². The minimum atomic E-state index is -1.73.